The monoisotopic (exact) mass is 496 g/mol. The smallest absolute Gasteiger partial charge is 0.325 e. The average Bonchev–Trinajstić information content (AvgIpc) is 3.31. The van der Waals surface area contributed by atoms with Crippen molar-refractivity contribution in [3.8, 4) is 10.6 Å². The summed E-state index contributed by atoms with van der Waals surface area (Å²) in [4.78, 5) is 38.9. The van der Waals surface area contributed by atoms with Crippen molar-refractivity contribution >= 4 is 40.1 Å². The van der Waals surface area contributed by atoms with Gasteiger partial charge in [0.25, 0.3) is 0 Å². The van der Waals surface area contributed by atoms with Crippen LogP contribution in [0.3, 0.4) is 0 Å². The first-order valence-electron chi connectivity index (χ1n) is 11.0. The summed E-state index contributed by atoms with van der Waals surface area (Å²) >= 11 is 1.23. The van der Waals surface area contributed by atoms with Crippen LogP contribution in [0.15, 0.2) is 54.6 Å². The van der Waals surface area contributed by atoms with E-state index in [2.05, 4.69) is 26.1 Å². The average molecular weight is 497 g/mol. The Bertz CT molecular complexity index is 1130. The Hall–Kier alpha value is -3.99. The zero-order valence-electron chi connectivity index (χ0n) is 19.8. The van der Waals surface area contributed by atoms with Crippen LogP contribution in [0.25, 0.3) is 10.6 Å². The van der Waals surface area contributed by atoms with Crippen LogP contribution in [0.5, 0.6) is 0 Å². The predicted octanol–water partition coefficient (Wildman–Crippen LogP) is 2.68. The molecule has 0 bridgehead atoms. The van der Waals surface area contributed by atoms with Crippen molar-refractivity contribution < 1.29 is 19.1 Å². The molecule has 1 heterocycles. The van der Waals surface area contributed by atoms with E-state index in [4.69, 9.17) is 4.74 Å². The topological polar surface area (TPSA) is 126 Å². The predicted molar refractivity (Wildman–Crippen MR) is 135 cm³/mol. The standard InChI is InChI=1S/C24H28N6O4S/c1-4-34-20(31)15-25-23(33)26-19(14-16-8-6-5-7-9-16)21(32)27-24-29-28-22(35-24)17-10-12-18(13-11-17)30(2)3/h5-13,19H,4,14-15H2,1-3H3,(H2,25,26,33)(H,27,29,32). The van der Waals surface area contributed by atoms with Crippen LogP contribution >= 0.6 is 11.3 Å². The fourth-order valence-electron chi connectivity index (χ4n) is 3.12. The van der Waals surface area contributed by atoms with E-state index in [1.807, 2.05) is 73.6 Å². The second-order valence-electron chi connectivity index (χ2n) is 7.72. The van der Waals surface area contributed by atoms with Gasteiger partial charge in [-0.2, -0.15) is 0 Å². The number of carbonyl (C=O) groups is 3. The van der Waals surface area contributed by atoms with Gasteiger partial charge in [-0.05, 0) is 36.8 Å². The summed E-state index contributed by atoms with van der Waals surface area (Å²) in [6.45, 7) is 1.59. The highest BCUT2D eigenvalue weighted by atomic mass is 32.1. The Morgan fingerprint density at radius 1 is 1.03 bits per heavy atom. The van der Waals surface area contributed by atoms with E-state index in [0.717, 1.165) is 16.8 Å². The van der Waals surface area contributed by atoms with E-state index in [9.17, 15) is 14.4 Å². The van der Waals surface area contributed by atoms with Crippen molar-refractivity contribution in [2.75, 3.05) is 37.5 Å². The van der Waals surface area contributed by atoms with Gasteiger partial charge in [-0.3, -0.25) is 14.9 Å². The molecule has 0 aliphatic rings. The summed E-state index contributed by atoms with van der Waals surface area (Å²) in [6.07, 6.45) is 0.247. The minimum Gasteiger partial charge on any atom is -0.465 e. The molecule has 0 radical (unpaired) electrons. The molecule has 0 saturated carbocycles. The second kappa shape index (κ2) is 12.5. The number of nitrogens with zero attached hydrogens (tertiary/aromatic N) is 3. The molecule has 10 nitrogen and oxygen atoms in total. The van der Waals surface area contributed by atoms with Crippen LogP contribution in [0.2, 0.25) is 0 Å². The lowest BCUT2D eigenvalue weighted by molar-refractivity contribution is -0.141. The molecule has 0 fully saturated rings. The third-order valence-electron chi connectivity index (χ3n) is 4.89. The zero-order valence-corrected chi connectivity index (χ0v) is 20.6. The van der Waals surface area contributed by atoms with Crippen molar-refractivity contribution in [2.24, 2.45) is 0 Å². The summed E-state index contributed by atoms with van der Waals surface area (Å²) < 4.78 is 4.80. The number of hydrogen-bond acceptors (Lipinski definition) is 8. The number of aromatic nitrogens is 2. The summed E-state index contributed by atoms with van der Waals surface area (Å²) in [5.74, 6) is -1.02. The van der Waals surface area contributed by atoms with Gasteiger partial charge in [0.05, 0.1) is 6.61 Å². The molecule has 3 aromatic rings. The van der Waals surface area contributed by atoms with Crippen molar-refractivity contribution in [1.29, 1.82) is 0 Å². The highest BCUT2D eigenvalue weighted by Gasteiger charge is 2.23. The van der Waals surface area contributed by atoms with Gasteiger partial charge in [0, 0.05) is 31.8 Å². The Balaban J connectivity index is 1.67. The van der Waals surface area contributed by atoms with Gasteiger partial charge in [0.2, 0.25) is 11.0 Å². The van der Waals surface area contributed by atoms with E-state index in [1.54, 1.807) is 6.92 Å². The van der Waals surface area contributed by atoms with Crippen LogP contribution in [0, 0.1) is 0 Å². The van der Waals surface area contributed by atoms with Crippen molar-refractivity contribution in [3.63, 3.8) is 0 Å². The molecule has 1 aromatic heterocycles. The first kappa shape index (κ1) is 25.6. The SMILES string of the molecule is CCOC(=O)CNC(=O)NC(Cc1ccccc1)C(=O)Nc1nnc(-c2ccc(N(C)C)cc2)s1. The minimum absolute atomic E-state index is 0.213. The number of nitrogens with one attached hydrogen (secondary N) is 3. The van der Waals surface area contributed by atoms with E-state index in [-0.39, 0.29) is 19.6 Å². The van der Waals surface area contributed by atoms with Crippen LogP contribution in [-0.2, 0) is 20.7 Å². The number of ether oxygens (including phenoxy) is 1. The van der Waals surface area contributed by atoms with Gasteiger partial charge in [0.1, 0.15) is 17.6 Å². The summed E-state index contributed by atoms with van der Waals surface area (Å²) in [6, 6.07) is 15.5. The van der Waals surface area contributed by atoms with Gasteiger partial charge in [-0.25, -0.2) is 4.79 Å². The number of amides is 3. The fraction of sp³-hybridized carbons (Fsp3) is 0.292. The molecule has 1 atom stereocenters. The van der Waals surface area contributed by atoms with Crippen LogP contribution in [0.4, 0.5) is 15.6 Å². The highest BCUT2D eigenvalue weighted by Crippen LogP contribution is 2.28. The normalized spacial score (nSPS) is 11.3. The molecular weight excluding hydrogens is 468 g/mol. The number of carbonyl (C=O) groups excluding carboxylic acids is 3. The van der Waals surface area contributed by atoms with Crippen molar-refractivity contribution in [2.45, 2.75) is 19.4 Å². The largest absolute Gasteiger partial charge is 0.465 e. The molecule has 0 aliphatic heterocycles. The molecule has 3 N–H and O–H groups in total. The molecule has 184 valence electrons. The molecule has 35 heavy (non-hydrogen) atoms. The third-order valence-corrected chi connectivity index (χ3v) is 5.78. The first-order valence-corrected chi connectivity index (χ1v) is 11.8. The van der Waals surface area contributed by atoms with Gasteiger partial charge < -0.3 is 20.3 Å². The maximum absolute atomic E-state index is 13.0. The lowest BCUT2D eigenvalue weighted by Crippen LogP contribution is -2.50. The molecule has 11 heteroatoms. The first-order chi connectivity index (χ1) is 16.9. The molecular formula is C24H28N6O4S. The summed E-state index contributed by atoms with van der Waals surface area (Å²) in [5, 5.41) is 17.0. The Kier molecular flexibility index (Phi) is 9.13. The molecule has 0 aliphatic carbocycles. The van der Waals surface area contributed by atoms with Crippen LogP contribution in [0.1, 0.15) is 12.5 Å². The summed E-state index contributed by atoms with van der Waals surface area (Å²) in [7, 11) is 3.93. The second-order valence-corrected chi connectivity index (χ2v) is 8.69. The maximum atomic E-state index is 13.0. The number of benzene rings is 2. The maximum Gasteiger partial charge on any atom is 0.325 e. The number of hydrogen-bond donors (Lipinski definition) is 3. The number of anilines is 2. The van der Waals surface area contributed by atoms with Crippen LogP contribution in [-0.4, -0.2) is 61.4 Å². The molecule has 1 unspecified atom stereocenters. The van der Waals surface area contributed by atoms with E-state index in [1.165, 1.54) is 11.3 Å². The third kappa shape index (κ3) is 7.78. The van der Waals surface area contributed by atoms with Crippen molar-refractivity contribution in [1.82, 2.24) is 20.8 Å². The quantitative estimate of drug-likeness (QED) is 0.369. The van der Waals surface area contributed by atoms with Gasteiger partial charge in [0.15, 0.2) is 0 Å². The van der Waals surface area contributed by atoms with Gasteiger partial charge in [-0.1, -0.05) is 41.7 Å². The lowest BCUT2D eigenvalue weighted by atomic mass is 10.1. The molecule has 3 amide bonds. The van der Waals surface area contributed by atoms with Crippen molar-refractivity contribution in [3.05, 3.63) is 60.2 Å². The molecule has 2 aromatic carbocycles. The van der Waals surface area contributed by atoms with E-state index in [0.29, 0.717) is 10.1 Å². The lowest BCUT2D eigenvalue weighted by Gasteiger charge is -2.18. The fourth-order valence-corrected chi connectivity index (χ4v) is 3.87. The molecule has 0 saturated heterocycles. The Labute approximate surface area is 207 Å². The van der Waals surface area contributed by atoms with E-state index >= 15 is 0 Å². The summed E-state index contributed by atoms with van der Waals surface area (Å²) in [5.41, 5.74) is 2.80. The zero-order chi connectivity index (χ0) is 25.2. The van der Waals surface area contributed by atoms with Gasteiger partial charge in [-0.15, -0.1) is 10.2 Å². The Morgan fingerprint density at radius 3 is 2.40 bits per heavy atom. The molecule has 0 spiro atoms. The number of rotatable bonds is 10. The van der Waals surface area contributed by atoms with Crippen LogP contribution < -0.4 is 20.9 Å². The number of urea groups is 1. The number of esters is 1. The Morgan fingerprint density at radius 2 is 1.74 bits per heavy atom. The minimum atomic E-state index is -0.911. The highest BCUT2D eigenvalue weighted by molar-refractivity contribution is 7.18. The van der Waals surface area contributed by atoms with E-state index < -0.39 is 23.9 Å². The molecule has 3 rings (SSSR count). The van der Waals surface area contributed by atoms with Gasteiger partial charge >= 0.3 is 12.0 Å².